The molecule has 2 unspecified atom stereocenters. The largest absolute Gasteiger partial charge is 0.465 e. The van der Waals surface area contributed by atoms with Gasteiger partial charge < -0.3 is 9.47 Å². The van der Waals surface area contributed by atoms with Gasteiger partial charge in [-0.3, -0.25) is 9.59 Å². The molecule has 0 N–H and O–H groups in total. The smallest absolute Gasteiger partial charge is 0.310 e. The van der Waals surface area contributed by atoms with E-state index in [0.29, 0.717) is 31.1 Å². The molecule has 0 bridgehead atoms. The van der Waals surface area contributed by atoms with Crippen LogP contribution in [0.25, 0.3) is 0 Å². The predicted octanol–water partition coefficient (Wildman–Crippen LogP) is 5.94. The van der Waals surface area contributed by atoms with Gasteiger partial charge in [0, 0.05) is 14.8 Å². The molecule has 1 aromatic carbocycles. The molecule has 0 spiro atoms. The Hall–Kier alpha value is -1.46. The topological polar surface area (TPSA) is 52.6 Å². The van der Waals surface area contributed by atoms with Gasteiger partial charge in [0.15, 0.2) is 0 Å². The molecule has 0 aliphatic heterocycles. The van der Waals surface area contributed by atoms with Crippen molar-refractivity contribution in [1.82, 2.24) is 0 Å². The third-order valence-corrected chi connectivity index (χ3v) is 6.33. The first kappa shape index (κ1) is 22.8. The van der Waals surface area contributed by atoms with Gasteiger partial charge in [-0.15, -0.1) is 0 Å². The fourth-order valence-electron chi connectivity index (χ4n) is 2.97. The number of allylic oxidation sites excluding steroid dienone is 2. The van der Waals surface area contributed by atoms with E-state index < -0.39 is 11.8 Å². The van der Waals surface area contributed by atoms with Gasteiger partial charge in [-0.1, -0.05) is 68.3 Å². The molecular formula is C22H29ClO4S. The zero-order valence-electron chi connectivity index (χ0n) is 16.6. The molecule has 1 aliphatic rings. The van der Waals surface area contributed by atoms with Gasteiger partial charge in [-0.25, -0.2) is 0 Å². The summed E-state index contributed by atoms with van der Waals surface area (Å²) in [4.78, 5) is 27.3. The van der Waals surface area contributed by atoms with E-state index in [1.807, 2.05) is 44.2 Å². The summed E-state index contributed by atoms with van der Waals surface area (Å²) in [5, 5.41) is 0.629. The Morgan fingerprint density at radius 1 is 0.964 bits per heavy atom. The van der Waals surface area contributed by atoms with Crippen molar-refractivity contribution in [3.05, 3.63) is 40.3 Å². The predicted molar refractivity (Wildman–Crippen MR) is 113 cm³/mol. The molecular weight excluding hydrogens is 396 g/mol. The van der Waals surface area contributed by atoms with Crippen LogP contribution in [-0.2, 0) is 19.1 Å². The molecule has 1 aromatic rings. The standard InChI is InChI=1S/C22H29ClO4S/c1-3-5-12-26-21(24)17-14-19(23)20(28-16-10-8-7-9-11-16)15-18(17)22(25)27-13-6-4-2/h7-11,17-18H,3-6,12-15H2,1-2H3. The number of rotatable bonds is 10. The van der Waals surface area contributed by atoms with Gasteiger partial charge in [-0.2, -0.15) is 0 Å². The van der Waals surface area contributed by atoms with Gasteiger partial charge in [-0.05, 0) is 37.8 Å². The van der Waals surface area contributed by atoms with Crippen LogP contribution in [0.3, 0.4) is 0 Å². The van der Waals surface area contributed by atoms with Gasteiger partial charge in [0.25, 0.3) is 0 Å². The number of carbonyl (C=O) groups is 2. The fourth-order valence-corrected chi connectivity index (χ4v) is 4.37. The van der Waals surface area contributed by atoms with Crippen LogP contribution in [0.1, 0.15) is 52.4 Å². The molecule has 2 rings (SSSR count). The maximum atomic E-state index is 12.7. The summed E-state index contributed by atoms with van der Waals surface area (Å²) >= 11 is 8.07. The highest BCUT2D eigenvalue weighted by Gasteiger charge is 2.41. The Kier molecular flexibility index (Phi) is 9.93. The summed E-state index contributed by atoms with van der Waals surface area (Å²) in [6.45, 7) is 4.83. The SMILES string of the molecule is CCCCOC(=O)C1CC(Cl)=C(Sc2ccccc2)CC1C(=O)OCCCC. The summed E-state index contributed by atoms with van der Waals surface area (Å²) in [5.41, 5.74) is 0. The average molecular weight is 425 g/mol. The molecule has 0 fully saturated rings. The lowest BCUT2D eigenvalue weighted by molar-refractivity contribution is -0.161. The summed E-state index contributed by atoms with van der Waals surface area (Å²) < 4.78 is 10.8. The minimum atomic E-state index is -0.585. The summed E-state index contributed by atoms with van der Waals surface area (Å²) in [6.07, 6.45) is 4.22. The molecule has 4 nitrogen and oxygen atoms in total. The molecule has 0 saturated carbocycles. The Morgan fingerprint density at radius 2 is 1.50 bits per heavy atom. The third-order valence-electron chi connectivity index (χ3n) is 4.67. The van der Waals surface area contributed by atoms with Crippen LogP contribution in [0.5, 0.6) is 0 Å². The number of carbonyl (C=O) groups excluding carboxylic acids is 2. The lowest BCUT2D eigenvalue weighted by Gasteiger charge is -2.30. The normalized spacial score (nSPS) is 19.4. The molecule has 0 amide bonds. The second kappa shape index (κ2) is 12.2. The van der Waals surface area contributed by atoms with Crippen molar-refractivity contribution in [3.63, 3.8) is 0 Å². The highest BCUT2D eigenvalue weighted by molar-refractivity contribution is 8.03. The summed E-state index contributed by atoms with van der Waals surface area (Å²) in [5.74, 6) is -1.83. The first-order valence-corrected chi connectivity index (χ1v) is 11.2. The van der Waals surface area contributed by atoms with Crippen molar-refractivity contribution in [2.75, 3.05) is 13.2 Å². The molecule has 154 valence electrons. The van der Waals surface area contributed by atoms with E-state index in [0.717, 1.165) is 35.5 Å². The van der Waals surface area contributed by atoms with Gasteiger partial charge >= 0.3 is 11.9 Å². The monoisotopic (exact) mass is 424 g/mol. The van der Waals surface area contributed by atoms with Crippen molar-refractivity contribution >= 4 is 35.3 Å². The second-order valence-corrected chi connectivity index (χ2v) is 8.53. The highest BCUT2D eigenvalue weighted by atomic mass is 35.5. The number of halogens is 1. The lowest BCUT2D eigenvalue weighted by Crippen LogP contribution is -2.35. The van der Waals surface area contributed by atoms with Crippen LogP contribution < -0.4 is 0 Å². The number of ether oxygens (including phenoxy) is 2. The fraction of sp³-hybridized carbons (Fsp3) is 0.545. The first-order chi connectivity index (χ1) is 13.6. The zero-order chi connectivity index (χ0) is 20.4. The van der Waals surface area contributed by atoms with Gasteiger partial charge in [0.1, 0.15) is 0 Å². The minimum Gasteiger partial charge on any atom is -0.465 e. The van der Waals surface area contributed by atoms with E-state index >= 15 is 0 Å². The molecule has 1 aliphatic carbocycles. The molecule has 0 heterocycles. The summed E-state index contributed by atoms with van der Waals surface area (Å²) in [6, 6.07) is 9.88. The van der Waals surface area contributed by atoms with Crippen LogP contribution in [-0.4, -0.2) is 25.2 Å². The van der Waals surface area contributed by atoms with Crippen LogP contribution >= 0.6 is 23.4 Å². The maximum absolute atomic E-state index is 12.7. The Morgan fingerprint density at radius 3 is 2.04 bits per heavy atom. The van der Waals surface area contributed by atoms with Gasteiger partial charge in [0.2, 0.25) is 0 Å². The second-order valence-electron chi connectivity index (χ2n) is 6.91. The molecule has 0 radical (unpaired) electrons. The van der Waals surface area contributed by atoms with Crippen molar-refractivity contribution in [2.45, 2.75) is 57.3 Å². The molecule has 0 saturated heterocycles. The Bertz CT molecular complexity index is 674. The minimum absolute atomic E-state index is 0.315. The van der Waals surface area contributed by atoms with Gasteiger partial charge in [0.05, 0.1) is 25.0 Å². The Balaban J connectivity index is 2.14. The molecule has 6 heteroatoms. The Labute approximate surface area is 177 Å². The lowest BCUT2D eigenvalue weighted by atomic mass is 9.82. The van der Waals surface area contributed by atoms with Crippen LogP contribution in [0.15, 0.2) is 45.2 Å². The van der Waals surface area contributed by atoms with E-state index in [1.54, 1.807) is 11.8 Å². The highest BCUT2D eigenvalue weighted by Crippen LogP contribution is 2.44. The first-order valence-electron chi connectivity index (χ1n) is 10.0. The zero-order valence-corrected chi connectivity index (χ0v) is 18.2. The quantitative estimate of drug-likeness (QED) is 0.343. The van der Waals surface area contributed by atoms with Crippen molar-refractivity contribution in [3.8, 4) is 0 Å². The molecule has 2 atom stereocenters. The van der Waals surface area contributed by atoms with E-state index in [9.17, 15) is 9.59 Å². The van der Waals surface area contributed by atoms with Crippen molar-refractivity contribution < 1.29 is 19.1 Å². The van der Waals surface area contributed by atoms with E-state index in [4.69, 9.17) is 21.1 Å². The molecule has 28 heavy (non-hydrogen) atoms. The number of esters is 2. The number of benzene rings is 1. The number of thioether (sulfide) groups is 1. The number of hydrogen-bond acceptors (Lipinski definition) is 5. The van der Waals surface area contributed by atoms with Crippen molar-refractivity contribution in [1.29, 1.82) is 0 Å². The number of unbranched alkanes of at least 4 members (excludes halogenated alkanes) is 2. The average Bonchev–Trinajstić information content (AvgIpc) is 2.70. The molecule has 0 aromatic heterocycles. The van der Waals surface area contributed by atoms with E-state index in [-0.39, 0.29) is 11.9 Å². The third kappa shape index (κ3) is 6.85. The van der Waals surface area contributed by atoms with E-state index in [2.05, 4.69) is 0 Å². The van der Waals surface area contributed by atoms with Crippen LogP contribution in [0, 0.1) is 11.8 Å². The van der Waals surface area contributed by atoms with Crippen LogP contribution in [0.4, 0.5) is 0 Å². The van der Waals surface area contributed by atoms with Crippen LogP contribution in [0.2, 0.25) is 0 Å². The van der Waals surface area contributed by atoms with E-state index in [1.165, 1.54) is 0 Å². The summed E-state index contributed by atoms with van der Waals surface area (Å²) in [7, 11) is 0. The van der Waals surface area contributed by atoms with Crippen molar-refractivity contribution in [2.24, 2.45) is 11.8 Å². The number of hydrogen-bond donors (Lipinski definition) is 0. The maximum Gasteiger partial charge on any atom is 0.310 e.